The number of aromatic hydroxyl groups is 2. The first-order chi connectivity index (χ1) is 30.2. The van der Waals surface area contributed by atoms with Crippen LogP contribution in [-0.4, -0.2) is 109 Å². The third kappa shape index (κ3) is 7.58. The van der Waals surface area contributed by atoms with Crippen LogP contribution in [0.15, 0.2) is 92.4 Å². The van der Waals surface area contributed by atoms with Crippen LogP contribution in [0, 0.1) is 18.8 Å². The van der Waals surface area contributed by atoms with Crippen molar-refractivity contribution in [2.75, 3.05) is 24.7 Å². The molecule has 4 aromatic rings. The Morgan fingerprint density at radius 1 is 1.06 bits per heavy atom. The average Bonchev–Trinajstić information content (AvgIpc) is 4.00. The minimum atomic E-state index is -2.41. The number of aliphatic imine (C=N–C) groups is 1. The second kappa shape index (κ2) is 16.5. The minimum absolute atomic E-state index is 0.0366. The topological polar surface area (TPSA) is 244 Å². The number of amides is 1. The van der Waals surface area contributed by atoms with E-state index in [2.05, 4.69) is 28.2 Å². The second-order valence-electron chi connectivity index (χ2n) is 17.5. The summed E-state index contributed by atoms with van der Waals surface area (Å²) in [6.45, 7) is 2.56. The van der Waals surface area contributed by atoms with Gasteiger partial charge in [0.05, 0.1) is 23.7 Å². The standard InChI is InChI=1S/C47H51N3O13/c1-3-35-31-10-12-48-34(31)21-50(35)41-43-27(14-33-37(54)13-24(2)61-44(33)41)15-39(47(62-43)11-4-5-25(19-47)28-16-40(56)49-20-28)63-60-23-46(59,45(58)42(57)38(55)22-51)18-26-6-9-36(53)30-8-7-29(52)17-32(26)30/h4-10,12-14,17,21,25,28,35,38-39,42,45,51-53,55,57-59H,3,11,15-16,18-20,22-23H2,1-2H3,(H,49,56). The Labute approximate surface area is 361 Å². The number of fused-ring (bicyclic) bond motifs is 4. The third-order valence-electron chi connectivity index (χ3n) is 13.4. The molecule has 0 radical (unpaired) electrons. The predicted molar refractivity (Wildman–Crippen MR) is 230 cm³/mol. The zero-order valence-electron chi connectivity index (χ0n) is 34.8. The molecule has 16 heteroatoms. The molecule has 63 heavy (non-hydrogen) atoms. The molecule has 0 saturated carbocycles. The normalized spacial score (nSPS) is 26.3. The Kier molecular flexibility index (Phi) is 11.2. The molecule has 9 unspecified atom stereocenters. The van der Waals surface area contributed by atoms with Crippen molar-refractivity contribution in [1.29, 1.82) is 0 Å². The maximum absolute atomic E-state index is 13.7. The van der Waals surface area contributed by atoms with Crippen LogP contribution in [0.5, 0.6) is 17.2 Å². The summed E-state index contributed by atoms with van der Waals surface area (Å²) in [6, 6.07) is 10.2. The summed E-state index contributed by atoms with van der Waals surface area (Å²) in [5, 5.41) is 79.6. The van der Waals surface area contributed by atoms with E-state index < -0.39 is 55.3 Å². The van der Waals surface area contributed by atoms with E-state index in [1.165, 1.54) is 36.4 Å². The molecule has 9 atom stereocenters. The van der Waals surface area contributed by atoms with E-state index in [0.717, 1.165) is 11.3 Å². The maximum atomic E-state index is 13.7. The number of allylic oxidation sites excluding steroid dienone is 2. The molecule has 5 heterocycles. The number of hydrogen-bond acceptors (Lipinski definition) is 15. The summed E-state index contributed by atoms with van der Waals surface area (Å²) in [6.07, 6.45) is 4.31. The highest BCUT2D eigenvalue weighted by atomic mass is 17.2. The fourth-order valence-corrected chi connectivity index (χ4v) is 10.0. The summed E-state index contributed by atoms with van der Waals surface area (Å²) < 4.78 is 13.7. The first-order valence-corrected chi connectivity index (χ1v) is 21.3. The first kappa shape index (κ1) is 42.7. The Balaban J connectivity index is 1.11. The molecule has 1 aromatic heterocycles. The molecule has 3 aromatic carbocycles. The Morgan fingerprint density at radius 2 is 1.89 bits per heavy atom. The van der Waals surface area contributed by atoms with Gasteiger partial charge in [-0.15, -0.1) is 0 Å². The van der Waals surface area contributed by atoms with Crippen molar-refractivity contribution in [3.63, 3.8) is 0 Å². The quantitative estimate of drug-likeness (QED) is 0.0547. The number of phenolic OH excluding ortho intramolecular Hbond substituents is 2. The van der Waals surface area contributed by atoms with Gasteiger partial charge in [-0.2, -0.15) is 0 Å². The molecular formula is C47H51N3O13. The van der Waals surface area contributed by atoms with Crippen molar-refractivity contribution in [2.45, 2.75) is 94.0 Å². The van der Waals surface area contributed by atoms with Crippen LogP contribution in [0.4, 0.5) is 5.69 Å². The number of carbonyl (C=O) groups excluding carboxylic acids is 1. The summed E-state index contributed by atoms with van der Waals surface area (Å²) in [7, 11) is 0. The molecule has 1 amide bonds. The van der Waals surface area contributed by atoms with Gasteiger partial charge in [0.1, 0.15) is 65.2 Å². The van der Waals surface area contributed by atoms with Crippen LogP contribution in [0.1, 0.15) is 49.5 Å². The number of ether oxygens (including phenoxy) is 1. The van der Waals surface area contributed by atoms with Crippen molar-refractivity contribution >= 4 is 39.6 Å². The number of nitrogens with one attached hydrogen (secondary N) is 1. The van der Waals surface area contributed by atoms with Crippen molar-refractivity contribution in [1.82, 2.24) is 5.32 Å². The lowest BCUT2D eigenvalue weighted by molar-refractivity contribution is -0.373. The van der Waals surface area contributed by atoms with Crippen molar-refractivity contribution < 1.29 is 59.5 Å². The van der Waals surface area contributed by atoms with E-state index in [-0.39, 0.29) is 47.1 Å². The monoisotopic (exact) mass is 865 g/mol. The smallest absolute Gasteiger partial charge is 0.220 e. The number of anilines is 1. The minimum Gasteiger partial charge on any atom is -0.508 e. The van der Waals surface area contributed by atoms with Gasteiger partial charge in [-0.1, -0.05) is 25.1 Å². The molecule has 16 nitrogen and oxygen atoms in total. The third-order valence-corrected chi connectivity index (χ3v) is 13.4. The van der Waals surface area contributed by atoms with E-state index >= 15 is 0 Å². The number of aliphatic hydroxyl groups excluding tert-OH is 4. The number of rotatable bonds is 13. The van der Waals surface area contributed by atoms with E-state index in [1.807, 2.05) is 18.4 Å². The molecule has 0 bridgehead atoms. The molecule has 4 aliphatic heterocycles. The van der Waals surface area contributed by atoms with Gasteiger partial charge in [-0.3, -0.25) is 14.6 Å². The van der Waals surface area contributed by atoms with Gasteiger partial charge < -0.3 is 55.1 Å². The lowest BCUT2D eigenvalue weighted by atomic mass is 9.71. The molecule has 8 N–H and O–H groups in total. The van der Waals surface area contributed by atoms with E-state index in [0.29, 0.717) is 82.3 Å². The van der Waals surface area contributed by atoms with E-state index in [4.69, 9.17) is 18.9 Å². The number of hydrogen-bond donors (Lipinski definition) is 8. The first-order valence-electron chi connectivity index (χ1n) is 21.3. The summed E-state index contributed by atoms with van der Waals surface area (Å²) >= 11 is 0. The molecule has 1 saturated heterocycles. The fourth-order valence-electron chi connectivity index (χ4n) is 10.0. The molecule has 1 spiro atoms. The van der Waals surface area contributed by atoms with Gasteiger partial charge in [0.15, 0.2) is 16.8 Å². The number of aryl methyl sites for hydroxylation is 1. The molecule has 5 aliphatic rings. The molecule has 9 rings (SSSR count). The van der Waals surface area contributed by atoms with Crippen LogP contribution >= 0.6 is 0 Å². The lowest BCUT2D eigenvalue weighted by Gasteiger charge is -2.48. The highest BCUT2D eigenvalue weighted by Crippen LogP contribution is 2.53. The average molecular weight is 866 g/mol. The highest BCUT2D eigenvalue weighted by molar-refractivity contribution is 5.97. The molecule has 1 aliphatic carbocycles. The van der Waals surface area contributed by atoms with Gasteiger partial charge in [0.2, 0.25) is 5.91 Å². The van der Waals surface area contributed by atoms with Gasteiger partial charge >= 0.3 is 0 Å². The number of benzene rings is 3. The number of phenols is 2. The van der Waals surface area contributed by atoms with Crippen molar-refractivity contribution in [3.05, 3.63) is 105 Å². The Morgan fingerprint density at radius 3 is 2.65 bits per heavy atom. The highest BCUT2D eigenvalue weighted by Gasteiger charge is 2.52. The molecule has 1 fully saturated rings. The number of carbonyl (C=O) groups is 1. The maximum Gasteiger partial charge on any atom is 0.220 e. The summed E-state index contributed by atoms with van der Waals surface area (Å²) in [5.74, 6) is 0.478. The zero-order valence-corrected chi connectivity index (χ0v) is 34.8. The van der Waals surface area contributed by atoms with Gasteiger partial charge in [0.25, 0.3) is 0 Å². The zero-order chi connectivity index (χ0) is 44.4. The van der Waals surface area contributed by atoms with Crippen LogP contribution in [0.3, 0.4) is 0 Å². The number of nitrogens with zero attached hydrogens (tertiary/aromatic N) is 2. The van der Waals surface area contributed by atoms with E-state index in [9.17, 15) is 45.3 Å². The largest absolute Gasteiger partial charge is 0.508 e. The lowest BCUT2D eigenvalue weighted by Crippen LogP contribution is -2.58. The van der Waals surface area contributed by atoms with Crippen LogP contribution < -0.4 is 20.4 Å². The van der Waals surface area contributed by atoms with Crippen LogP contribution in [0.2, 0.25) is 0 Å². The predicted octanol–water partition coefficient (Wildman–Crippen LogP) is 3.26. The van der Waals surface area contributed by atoms with E-state index in [1.54, 1.807) is 19.2 Å². The van der Waals surface area contributed by atoms with Gasteiger partial charge in [0, 0.05) is 67.2 Å². The molecule has 332 valence electrons. The second-order valence-corrected chi connectivity index (χ2v) is 17.5. The SMILES string of the molecule is CCC1C2=CC=NC2=CN1c1c2c(cc3c(=O)cc(C)oc13)CC(OOCC(O)(Cc1ccc(O)c3ccc(O)cc13)C(O)C(O)C(O)CO)C1(CC=CC(C3CNC(=O)C3)C1)O2. The van der Waals surface area contributed by atoms with Gasteiger partial charge in [-0.25, -0.2) is 9.78 Å². The van der Waals surface area contributed by atoms with Crippen molar-refractivity contribution in [3.8, 4) is 17.2 Å². The fraction of sp³-hybridized carbons (Fsp3) is 0.426. The summed E-state index contributed by atoms with van der Waals surface area (Å²) in [4.78, 5) is 45.1. The van der Waals surface area contributed by atoms with Crippen LogP contribution in [-0.2, 0) is 27.4 Å². The molecular weight excluding hydrogens is 815 g/mol. The van der Waals surface area contributed by atoms with Crippen LogP contribution in [0.25, 0.3) is 21.7 Å². The summed E-state index contributed by atoms with van der Waals surface area (Å²) in [5.41, 5.74) is -0.113. The van der Waals surface area contributed by atoms with Crippen molar-refractivity contribution in [2.24, 2.45) is 16.8 Å². The number of aliphatic hydroxyl groups is 5. The van der Waals surface area contributed by atoms with Gasteiger partial charge in [-0.05, 0) is 79.0 Å². The Hall–Kier alpha value is -5.59. The Bertz CT molecular complexity index is 2660.